The lowest BCUT2D eigenvalue weighted by Gasteiger charge is -2.36. The van der Waals surface area contributed by atoms with Crippen LogP contribution >= 0.6 is 11.6 Å². The van der Waals surface area contributed by atoms with Crippen molar-refractivity contribution in [3.05, 3.63) is 53.4 Å². The van der Waals surface area contributed by atoms with Crippen molar-refractivity contribution in [3.8, 4) is 0 Å². The Morgan fingerprint density at radius 3 is 2.48 bits per heavy atom. The SMILES string of the molecule is O=C(CCC(=O)N1CCN(c2ccccc2F)CC1)Nc1ccc(Cl)cn1. The minimum atomic E-state index is -0.275. The first-order valence-corrected chi connectivity index (χ1v) is 9.09. The number of rotatable bonds is 5. The van der Waals surface area contributed by atoms with Gasteiger partial charge in [-0.25, -0.2) is 9.37 Å². The van der Waals surface area contributed by atoms with Gasteiger partial charge in [0.25, 0.3) is 0 Å². The molecule has 2 amide bonds. The minimum absolute atomic E-state index is 0.0800. The monoisotopic (exact) mass is 390 g/mol. The van der Waals surface area contributed by atoms with Gasteiger partial charge in [-0.15, -0.1) is 0 Å². The molecule has 0 saturated carbocycles. The molecule has 1 aliphatic heterocycles. The molecule has 8 heteroatoms. The Balaban J connectivity index is 1.43. The molecule has 0 aliphatic carbocycles. The van der Waals surface area contributed by atoms with Crippen LogP contribution < -0.4 is 10.2 Å². The van der Waals surface area contributed by atoms with E-state index in [1.54, 1.807) is 35.2 Å². The fourth-order valence-electron chi connectivity index (χ4n) is 2.94. The first-order valence-electron chi connectivity index (χ1n) is 8.71. The Morgan fingerprint density at radius 1 is 1.07 bits per heavy atom. The first kappa shape index (κ1) is 19.1. The minimum Gasteiger partial charge on any atom is -0.366 e. The number of nitrogens with one attached hydrogen (secondary N) is 1. The summed E-state index contributed by atoms with van der Waals surface area (Å²) in [5.74, 6) is -0.217. The molecule has 27 heavy (non-hydrogen) atoms. The van der Waals surface area contributed by atoms with E-state index in [1.807, 2.05) is 4.90 Å². The van der Waals surface area contributed by atoms with Crippen LogP contribution in [0.15, 0.2) is 42.6 Å². The average Bonchev–Trinajstić information content (AvgIpc) is 2.68. The summed E-state index contributed by atoms with van der Waals surface area (Å²) in [6.07, 6.45) is 1.65. The van der Waals surface area contributed by atoms with Gasteiger partial charge < -0.3 is 15.1 Å². The van der Waals surface area contributed by atoms with Gasteiger partial charge in [-0.05, 0) is 24.3 Å². The van der Waals surface area contributed by atoms with Crippen LogP contribution in [0.25, 0.3) is 0 Å². The van der Waals surface area contributed by atoms with E-state index in [1.165, 1.54) is 12.3 Å². The summed E-state index contributed by atoms with van der Waals surface area (Å²) in [5.41, 5.74) is 0.555. The standard InChI is InChI=1S/C19H20ClFN4O2/c20-14-5-6-17(22-13-14)23-18(26)7-8-19(27)25-11-9-24(10-12-25)16-4-2-1-3-15(16)21/h1-6,13H,7-12H2,(H,22,23,26). The van der Waals surface area contributed by atoms with Crippen molar-refractivity contribution in [1.29, 1.82) is 0 Å². The molecular formula is C19H20ClFN4O2. The predicted molar refractivity (Wildman–Crippen MR) is 102 cm³/mol. The molecule has 0 bridgehead atoms. The van der Waals surface area contributed by atoms with Gasteiger partial charge in [0.05, 0.1) is 10.7 Å². The highest BCUT2D eigenvalue weighted by Gasteiger charge is 2.23. The fourth-order valence-corrected chi connectivity index (χ4v) is 3.05. The van der Waals surface area contributed by atoms with Crippen LogP contribution in [0.2, 0.25) is 5.02 Å². The highest BCUT2D eigenvalue weighted by atomic mass is 35.5. The van der Waals surface area contributed by atoms with Crippen LogP contribution in [-0.2, 0) is 9.59 Å². The molecule has 2 heterocycles. The second-order valence-electron chi connectivity index (χ2n) is 6.23. The molecule has 1 fully saturated rings. The van der Waals surface area contributed by atoms with E-state index in [4.69, 9.17) is 11.6 Å². The second kappa shape index (κ2) is 8.81. The van der Waals surface area contributed by atoms with Crippen molar-refractivity contribution in [2.24, 2.45) is 0 Å². The van der Waals surface area contributed by atoms with Crippen LogP contribution in [0.3, 0.4) is 0 Å². The molecule has 1 aliphatic rings. The van der Waals surface area contributed by atoms with Crippen molar-refractivity contribution in [2.45, 2.75) is 12.8 Å². The average molecular weight is 391 g/mol. The number of hydrogen-bond acceptors (Lipinski definition) is 4. The smallest absolute Gasteiger partial charge is 0.226 e. The third-order valence-electron chi connectivity index (χ3n) is 4.39. The fraction of sp³-hybridized carbons (Fsp3) is 0.316. The van der Waals surface area contributed by atoms with Crippen molar-refractivity contribution < 1.29 is 14.0 Å². The maximum Gasteiger partial charge on any atom is 0.226 e. The summed E-state index contributed by atoms with van der Waals surface area (Å²) in [6.45, 7) is 2.14. The van der Waals surface area contributed by atoms with Crippen LogP contribution in [0.5, 0.6) is 0 Å². The first-order chi connectivity index (χ1) is 13.0. The Labute approximate surface area is 161 Å². The number of hydrogen-bond donors (Lipinski definition) is 1. The molecule has 1 aromatic carbocycles. The number of pyridine rings is 1. The lowest BCUT2D eigenvalue weighted by Crippen LogP contribution is -2.49. The zero-order chi connectivity index (χ0) is 19.2. The van der Waals surface area contributed by atoms with E-state index in [9.17, 15) is 14.0 Å². The molecule has 1 aromatic heterocycles. The molecular weight excluding hydrogens is 371 g/mol. The molecule has 3 rings (SSSR count). The van der Waals surface area contributed by atoms with Crippen LogP contribution in [0.4, 0.5) is 15.9 Å². The maximum atomic E-state index is 13.9. The largest absolute Gasteiger partial charge is 0.366 e. The summed E-state index contributed by atoms with van der Waals surface area (Å²) in [7, 11) is 0. The lowest BCUT2D eigenvalue weighted by molar-refractivity contribution is -0.133. The molecule has 0 atom stereocenters. The second-order valence-corrected chi connectivity index (χ2v) is 6.67. The van der Waals surface area contributed by atoms with E-state index in [0.29, 0.717) is 42.7 Å². The van der Waals surface area contributed by atoms with Gasteiger partial charge in [0.15, 0.2) is 0 Å². The van der Waals surface area contributed by atoms with E-state index < -0.39 is 0 Å². The van der Waals surface area contributed by atoms with Crippen molar-refractivity contribution in [3.63, 3.8) is 0 Å². The highest BCUT2D eigenvalue weighted by molar-refractivity contribution is 6.30. The Bertz CT molecular complexity index is 808. The predicted octanol–water partition coefficient (Wildman–Crippen LogP) is 2.94. The number of aromatic nitrogens is 1. The van der Waals surface area contributed by atoms with Crippen LogP contribution in [0.1, 0.15) is 12.8 Å². The van der Waals surface area contributed by atoms with Crippen molar-refractivity contribution in [2.75, 3.05) is 36.4 Å². The molecule has 0 spiro atoms. The van der Waals surface area contributed by atoms with Gasteiger partial charge in [-0.3, -0.25) is 9.59 Å². The summed E-state index contributed by atoms with van der Waals surface area (Å²) < 4.78 is 13.9. The number of anilines is 2. The number of nitrogens with zero attached hydrogens (tertiary/aromatic N) is 3. The number of carbonyl (C=O) groups excluding carboxylic acids is 2. The summed E-state index contributed by atoms with van der Waals surface area (Å²) in [6, 6.07) is 9.85. The Kier molecular flexibility index (Phi) is 6.24. The molecule has 2 aromatic rings. The van der Waals surface area contributed by atoms with Gasteiger partial charge in [-0.1, -0.05) is 23.7 Å². The van der Waals surface area contributed by atoms with E-state index in [-0.39, 0.29) is 30.5 Å². The molecule has 1 N–H and O–H groups in total. The van der Waals surface area contributed by atoms with Crippen LogP contribution in [0, 0.1) is 5.82 Å². The quantitative estimate of drug-likeness (QED) is 0.852. The number of carbonyl (C=O) groups is 2. The highest BCUT2D eigenvalue weighted by Crippen LogP contribution is 2.20. The normalized spacial score (nSPS) is 14.1. The van der Waals surface area contributed by atoms with E-state index >= 15 is 0 Å². The molecule has 142 valence electrons. The number of halogens is 2. The topological polar surface area (TPSA) is 65.5 Å². The number of amides is 2. The number of piperazine rings is 1. The van der Waals surface area contributed by atoms with Gasteiger partial charge in [0.2, 0.25) is 11.8 Å². The zero-order valence-electron chi connectivity index (χ0n) is 14.7. The zero-order valence-corrected chi connectivity index (χ0v) is 15.5. The van der Waals surface area contributed by atoms with Crippen molar-refractivity contribution >= 4 is 34.9 Å². The van der Waals surface area contributed by atoms with Gasteiger partial charge in [-0.2, -0.15) is 0 Å². The molecule has 0 radical (unpaired) electrons. The van der Waals surface area contributed by atoms with E-state index in [2.05, 4.69) is 10.3 Å². The summed E-state index contributed by atoms with van der Waals surface area (Å²) >= 11 is 5.75. The van der Waals surface area contributed by atoms with Crippen molar-refractivity contribution in [1.82, 2.24) is 9.88 Å². The van der Waals surface area contributed by atoms with Gasteiger partial charge in [0, 0.05) is 45.2 Å². The molecule has 1 saturated heterocycles. The summed E-state index contributed by atoms with van der Waals surface area (Å²) in [5, 5.41) is 3.12. The third-order valence-corrected chi connectivity index (χ3v) is 4.61. The molecule has 6 nitrogen and oxygen atoms in total. The Hall–Kier alpha value is -2.67. The third kappa shape index (κ3) is 5.17. The van der Waals surface area contributed by atoms with E-state index in [0.717, 1.165) is 0 Å². The molecule has 0 unspecified atom stereocenters. The number of benzene rings is 1. The van der Waals surface area contributed by atoms with Crippen LogP contribution in [-0.4, -0.2) is 47.9 Å². The summed E-state index contributed by atoms with van der Waals surface area (Å²) in [4.78, 5) is 31.9. The van der Waals surface area contributed by atoms with Gasteiger partial charge in [0.1, 0.15) is 11.6 Å². The lowest BCUT2D eigenvalue weighted by atomic mass is 10.2. The maximum absolute atomic E-state index is 13.9. The Morgan fingerprint density at radius 2 is 1.81 bits per heavy atom. The van der Waals surface area contributed by atoms with Gasteiger partial charge >= 0.3 is 0 Å². The number of para-hydroxylation sites is 1.